The second kappa shape index (κ2) is 7.95. The van der Waals surface area contributed by atoms with Crippen LogP contribution >= 0.6 is 11.3 Å². The average Bonchev–Trinajstić information content (AvgIpc) is 3.16. The van der Waals surface area contributed by atoms with E-state index in [-0.39, 0.29) is 5.60 Å². The van der Waals surface area contributed by atoms with Crippen LogP contribution in [0.25, 0.3) is 0 Å². The molecular formula is C18H22N2O4S. The monoisotopic (exact) mass is 362 g/mol. The minimum Gasteiger partial charge on any atom is -0.465 e. The Labute approximate surface area is 151 Å². The van der Waals surface area contributed by atoms with E-state index in [9.17, 15) is 0 Å². The number of nitrogens with zero attached hydrogens (tertiary/aromatic N) is 2. The van der Waals surface area contributed by atoms with E-state index < -0.39 is 0 Å². The van der Waals surface area contributed by atoms with Crippen molar-refractivity contribution in [3.05, 3.63) is 46.5 Å². The number of oxime groups is 1. The lowest BCUT2D eigenvalue weighted by atomic mass is 9.93. The standard InChI is InChI=1S/C18H22N2O4S/c1-13(20-21)15-5-3-14(4-6-15)12-24-17-19-11-16(25-17)18(22-2)7-9-23-10-8-18/h3-6,11,21H,7-10,12H2,1-2H3. The Bertz CT molecular complexity index is 721. The summed E-state index contributed by atoms with van der Waals surface area (Å²) in [4.78, 5) is 5.46. The summed E-state index contributed by atoms with van der Waals surface area (Å²) < 4.78 is 17.1. The molecule has 25 heavy (non-hydrogen) atoms. The van der Waals surface area contributed by atoms with Crippen LogP contribution in [0, 0.1) is 0 Å². The largest absolute Gasteiger partial charge is 0.465 e. The number of aromatic nitrogens is 1. The molecule has 0 spiro atoms. The van der Waals surface area contributed by atoms with Gasteiger partial charge in [0, 0.05) is 39.4 Å². The molecule has 6 nitrogen and oxygen atoms in total. The molecule has 0 amide bonds. The molecule has 1 aromatic carbocycles. The van der Waals surface area contributed by atoms with Gasteiger partial charge in [0.2, 0.25) is 0 Å². The summed E-state index contributed by atoms with van der Waals surface area (Å²) in [6.07, 6.45) is 3.51. The third-order valence-corrected chi connectivity index (χ3v) is 5.60. The van der Waals surface area contributed by atoms with Crippen molar-refractivity contribution in [1.82, 2.24) is 4.98 Å². The van der Waals surface area contributed by atoms with Crippen LogP contribution in [-0.4, -0.2) is 36.2 Å². The molecule has 134 valence electrons. The molecule has 0 radical (unpaired) electrons. The molecule has 0 unspecified atom stereocenters. The van der Waals surface area contributed by atoms with Crippen LogP contribution in [0.5, 0.6) is 5.19 Å². The first-order chi connectivity index (χ1) is 12.2. The summed E-state index contributed by atoms with van der Waals surface area (Å²) >= 11 is 1.53. The van der Waals surface area contributed by atoms with Crippen LogP contribution in [0.1, 0.15) is 35.8 Å². The number of thiazole rings is 1. The van der Waals surface area contributed by atoms with Gasteiger partial charge >= 0.3 is 0 Å². The summed E-state index contributed by atoms with van der Waals surface area (Å²) in [6.45, 7) is 3.59. The Kier molecular flexibility index (Phi) is 5.67. The van der Waals surface area contributed by atoms with E-state index >= 15 is 0 Å². The highest BCUT2D eigenvalue weighted by Gasteiger charge is 2.36. The van der Waals surface area contributed by atoms with E-state index in [1.165, 1.54) is 11.3 Å². The van der Waals surface area contributed by atoms with Gasteiger partial charge < -0.3 is 19.4 Å². The lowest BCUT2D eigenvalue weighted by Crippen LogP contribution is -2.34. The highest BCUT2D eigenvalue weighted by atomic mass is 32.1. The number of rotatable bonds is 6. The van der Waals surface area contributed by atoms with Crippen molar-refractivity contribution in [3.63, 3.8) is 0 Å². The molecular weight excluding hydrogens is 340 g/mol. The zero-order valence-corrected chi connectivity index (χ0v) is 15.2. The first-order valence-electron chi connectivity index (χ1n) is 8.17. The average molecular weight is 362 g/mol. The highest BCUT2D eigenvalue weighted by Crippen LogP contribution is 2.40. The summed E-state index contributed by atoms with van der Waals surface area (Å²) in [7, 11) is 1.74. The Morgan fingerprint density at radius 3 is 2.68 bits per heavy atom. The molecule has 0 atom stereocenters. The molecule has 0 aliphatic carbocycles. The molecule has 2 aromatic rings. The molecule has 3 rings (SSSR count). The first-order valence-corrected chi connectivity index (χ1v) is 8.98. The van der Waals surface area contributed by atoms with E-state index in [0.717, 1.165) is 28.8 Å². The SMILES string of the molecule is COC1(c2cnc(OCc3ccc(C(C)=NO)cc3)s2)CCOCC1. The molecule has 1 saturated heterocycles. The van der Waals surface area contributed by atoms with Gasteiger partial charge in [0.15, 0.2) is 0 Å². The summed E-state index contributed by atoms with van der Waals surface area (Å²) in [5.74, 6) is 0. The summed E-state index contributed by atoms with van der Waals surface area (Å²) in [6, 6.07) is 7.72. The van der Waals surface area contributed by atoms with Crippen molar-refractivity contribution in [2.75, 3.05) is 20.3 Å². The van der Waals surface area contributed by atoms with Gasteiger partial charge in [0.25, 0.3) is 5.19 Å². The quantitative estimate of drug-likeness (QED) is 0.483. The van der Waals surface area contributed by atoms with Crippen LogP contribution in [0.3, 0.4) is 0 Å². The zero-order chi connectivity index (χ0) is 17.7. The van der Waals surface area contributed by atoms with Gasteiger partial charge in [0.05, 0.1) is 10.6 Å². The lowest BCUT2D eigenvalue weighted by Gasteiger charge is -2.34. The molecule has 1 N–H and O–H groups in total. The first kappa shape index (κ1) is 17.8. The molecule has 1 aromatic heterocycles. The Morgan fingerprint density at radius 2 is 2.04 bits per heavy atom. The Balaban J connectivity index is 1.63. The molecule has 1 aliphatic rings. The second-order valence-corrected chi connectivity index (χ2v) is 6.97. The smallest absolute Gasteiger partial charge is 0.273 e. The molecule has 0 saturated carbocycles. The van der Waals surface area contributed by atoms with Crippen molar-refractivity contribution in [1.29, 1.82) is 0 Å². The zero-order valence-electron chi connectivity index (χ0n) is 14.4. The molecule has 1 aliphatic heterocycles. The summed E-state index contributed by atoms with van der Waals surface area (Å²) in [5.41, 5.74) is 2.18. The van der Waals surface area contributed by atoms with Gasteiger partial charge in [-0.25, -0.2) is 4.98 Å². The predicted molar refractivity (Wildman–Crippen MR) is 95.6 cm³/mol. The normalized spacial score (nSPS) is 17.4. The maximum absolute atomic E-state index is 8.80. The van der Waals surface area contributed by atoms with E-state index in [4.69, 9.17) is 19.4 Å². The number of hydrogen-bond donors (Lipinski definition) is 1. The van der Waals surface area contributed by atoms with Gasteiger partial charge in [-0.1, -0.05) is 40.8 Å². The predicted octanol–water partition coefficient (Wildman–Crippen LogP) is 3.57. The highest BCUT2D eigenvalue weighted by molar-refractivity contribution is 7.13. The molecule has 1 fully saturated rings. The third-order valence-electron chi connectivity index (χ3n) is 4.51. The Morgan fingerprint density at radius 1 is 1.32 bits per heavy atom. The molecule has 7 heteroatoms. The van der Waals surface area contributed by atoms with Gasteiger partial charge in [-0.3, -0.25) is 0 Å². The van der Waals surface area contributed by atoms with Crippen LogP contribution < -0.4 is 4.74 Å². The van der Waals surface area contributed by atoms with Gasteiger partial charge in [-0.15, -0.1) is 0 Å². The fourth-order valence-electron chi connectivity index (χ4n) is 2.83. The van der Waals surface area contributed by atoms with Crippen molar-refractivity contribution >= 4 is 17.0 Å². The van der Waals surface area contributed by atoms with Crippen molar-refractivity contribution in [2.45, 2.75) is 32.0 Å². The maximum Gasteiger partial charge on any atom is 0.273 e. The van der Waals surface area contributed by atoms with E-state index in [0.29, 0.717) is 30.7 Å². The van der Waals surface area contributed by atoms with Gasteiger partial charge in [0.1, 0.15) is 12.2 Å². The number of methoxy groups -OCH3 is 1. The lowest BCUT2D eigenvalue weighted by molar-refractivity contribution is -0.0926. The topological polar surface area (TPSA) is 73.2 Å². The van der Waals surface area contributed by atoms with Crippen molar-refractivity contribution in [2.24, 2.45) is 5.16 Å². The van der Waals surface area contributed by atoms with E-state index in [2.05, 4.69) is 10.1 Å². The fraction of sp³-hybridized carbons (Fsp3) is 0.444. The maximum atomic E-state index is 8.80. The minimum atomic E-state index is -0.305. The van der Waals surface area contributed by atoms with Crippen LogP contribution in [0.2, 0.25) is 0 Å². The number of ether oxygens (including phenoxy) is 3. The molecule has 2 heterocycles. The van der Waals surface area contributed by atoms with Crippen LogP contribution in [0.4, 0.5) is 0 Å². The number of hydrogen-bond acceptors (Lipinski definition) is 7. The Hall–Kier alpha value is -1.96. The van der Waals surface area contributed by atoms with Crippen molar-refractivity contribution in [3.8, 4) is 5.19 Å². The van der Waals surface area contributed by atoms with Gasteiger partial charge in [-0.05, 0) is 18.1 Å². The number of benzene rings is 1. The fourth-order valence-corrected chi connectivity index (χ4v) is 3.82. The summed E-state index contributed by atoms with van der Waals surface area (Å²) in [5, 5.41) is 12.6. The van der Waals surface area contributed by atoms with E-state index in [1.807, 2.05) is 30.5 Å². The van der Waals surface area contributed by atoms with Crippen LogP contribution in [-0.2, 0) is 21.7 Å². The molecule has 0 bridgehead atoms. The minimum absolute atomic E-state index is 0.305. The van der Waals surface area contributed by atoms with Crippen LogP contribution in [0.15, 0.2) is 35.6 Å². The van der Waals surface area contributed by atoms with Gasteiger partial charge in [-0.2, -0.15) is 0 Å². The third kappa shape index (κ3) is 4.00. The van der Waals surface area contributed by atoms with E-state index in [1.54, 1.807) is 14.0 Å². The van der Waals surface area contributed by atoms with Crippen molar-refractivity contribution < 1.29 is 19.4 Å². The second-order valence-electron chi connectivity index (χ2n) is 5.97.